The van der Waals surface area contributed by atoms with Gasteiger partial charge in [-0.05, 0) is 38.1 Å². The Balaban J connectivity index is 1.93. The molecule has 1 N–H and O–H groups in total. The van der Waals surface area contributed by atoms with E-state index in [1.54, 1.807) is 0 Å². The Morgan fingerprint density at radius 1 is 1.57 bits per heavy atom. The molecule has 0 spiro atoms. The summed E-state index contributed by atoms with van der Waals surface area (Å²) in [6.07, 6.45) is 4.73. The molecule has 80 valence electrons. The van der Waals surface area contributed by atoms with E-state index in [0.29, 0.717) is 11.3 Å². The summed E-state index contributed by atoms with van der Waals surface area (Å²) < 4.78 is 0. The minimum atomic E-state index is 0.0751. The Morgan fingerprint density at radius 3 is 2.86 bits per heavy atom. The van der Waals surface area contributed by atoms with E-state index in [0.717, 1.165) is 25.9 Å². The summed E-state index contributed by atoms with van der Waals surface area (Å²) >= 11 is 0. The molecule has 1 aliphatic carbocycles. The van der Waals surface area contributed by atoms with E-state index in [9.17, 15) is 4.79 Å². The van der Waals surface area contributed by atoms with Gasteiger partial charge in [-0.15, -0.1) is 0 Å². The standard InChI is InChI=1S/C11H20N2O/c1-11(5-6-11)8-13-7-3-4-9(12-2)10(13)14/h9,12H,3-8H2,1-2H3. The molecule has 0 aromatic heterocycles. The molecular formula is C11H20N2O. The van der Waals surface area contributed by atoms with Crippen LogP contribution in [0.1, 0.15) is 32.6 Å². The highest BCUT2D eigenvalue weighted by Gasteiger charge is 2.41. The Kier molecular flexibility index (Phi) is 2.52. The lowest BCUT2D eigenvalue weighted by Crippen LogP contribution is -2.50. The maximum Gasteiger partial charge on any atom is 0.239 e. The van der Waals surface area contributed by atoms with Crippen LogP contribution in [0.25, 0.3) is 0 Å². The Bertz CT molecular complexity index is 235. The number of rotatable bonds is 3. The average Bonchev–Trinajstić information content (AvgIpc) is 2.88. The molecule has 3 nitrogen and oxygen atoms in total. The minimum absolute atomic E-state index is 0.0751. The van der Waals surface area contributed by atoms with E-state index in [4.69, 9.17) is 0 Å². The fourth-order valence-electron chi connectivity index (χ4n) is 2.20. The van der Waals surface area contributed by atoms with Crippen LogP contribution in [0.4, 0.5) is 0 Å². The van der Waals surface area contributed by atoms with Crippen molar-refractivity contribution in [3.8, 4) is 0 Å². The molecule has 1 atom stereocenters. The number of carbonyl (C=O) groups is 1. The maximum absolute atomic E-state index is 11.9. The van der Waals surface area contributed by atoms with Crippen LogP contribution in [0, 0.1) is 5.41 Å². The molecule has 14 heavy (non-hydrogen) atoms. The highest BCUT2D eigenvalue weighted by Crippen LogP contribution is 2.45. The molecule has 1 heterocycles. The zero-order valence-electron chi connectivity index (χ0n) is 9.18. The number of likely N-dealkylation sites (tertiary alicyclic amines) is 1. The summed E-state index contributed by atoms with van der Waals surface area (Å²) in [6, 6.07) is 0.0751. The van der Waals surface area contributed by atoms with E-state index >= 15 is 0 Å². The van der Waals surface area contributed by atoms with E-state index in [1.165, 1.54) is 12.8 Å². The fraction of sp³-hybridized carbons (Fsp3) is 0.909. The second kappa shape index (κ2) is 3.54. The van der Waals surface area contributed by atoms with Crippen molar-refractivity contribution in [3.63, 3.8) is 0 Å². The van der Waals surface area contributed by atoms with Crippen LogP contribution in [0.2, 0.25) is 0 Å². The van der Waals surface area contributed by atoms with Gasteiger partial charge in [-0.25, -0.2) is 0 Å². The van der Waals surface area contributed by atoms with Gasteiger partial charge < -0.3 is 10.2 Å². The van der Waals surface area contributed by atoms with Gasteiger partial charge in [-0.2, -0.15) is 0 Å². The first-order chi connectivity index (χ1) is 6.64. The third-order valence-corrected chi connectivity index (χ3v) is 3.56. The normalized spacial score (nSPS) is 30.6. The van der Waals surface area contributed by atoms with Gasteiger partial charge in [0.05, 0.1) is 6.04 Å². The van der Waals surface area contributed by atoms with Crippen molar-refractivity contribution >= 4 is 5.91 Å². The molecule has 1 saturated carbocycles. The monoisotopic (exact) mass is 196 g/mol. The van der Waals surface area contributed by atoms with Gasteiger partial charge in [0.1, 0.15) is 0 Å². The van der Waals surface area contributed by atoms with Crippen molar-refractivity contribution in [3.05, 3.63) is 0 Å². The van der Waals surface area contributed by atoms with Gasteiger partial charge in [0, 0.05) is 13.1 Å². The SMILES string of the molecule is CNC1CCCN(CC2(C)CC2)C1=O. The lowest BCUT2D eigenvalue weighted by Gasteiger charge is -2.33. The third-order valence-electron chi connectivity index (χ3n) is 3.56. The zero-order chi connectivity index (χ0) is 10.2. The largest absolute Gasteiger partial charge is 0.341 e. The first-order valence-electron chi connectivity index (χ1n) is 5.61. The first-order valence-corrected chi connectivity index (χ1v) is 5.61. The summed E-state index contributed by atoms with van der Waals surface area (Å²) in [6.45, 7) is 4.22. The van der Waals surface area contributed by atoms with Crippen molar-refractivity contribution in [2.75, 3.05) is 20.1 Å². The molecule has 1 unspecified atom stereocenters. The van der Waals surface area contributed by atoms with E-state index in [1.807, 2.05) is 7.05 Å². The minimum Gasteiger partial charge on any atom is -0.341 e. The van der Waals surface area contributed by atoms with Crippen molar-refractivity contribution < 1.29 is 4.79 Å². The number of carbonyl (C=O) groups excluding carboxylic acids is 1. The Labute approximate surface area is 85.8 Å². The number of amides is 1. The summed E-state index contributed by atoms with van der Waals surface area (Å²) in [7, 11) is 1.88. The lowest BCUT2D eigenvalue weighted by molar-refractivity contribution is -0.136. The molecule has 1 saturated heterocycles. The number of nitrogens with one attached hydrogen (secondary N) is 1. The topological polar surface area (TPSA) is 32.3 Å². The van der Waals surface area contributed by atoms with Crippen LogP contribution in [0.15, 0.2) is 0 Å². The molecule has 2 rings (SSSR count). The van der Waals surface area contributed by atoms with Crippen LogP contribution < -0.4 is 5.32 Å². The maximum atomic E-state index is 11.9. The molecule has 1 aliphatic heterocycles. The Hall–Kier alpha value is -0.570. The Morgan fingerprint density at radius 2 is 2.29 bits per heavy atom. The molecule has 0 aromatic rings. The quantitative estimate of drug-likeness (QED) is 0.730. The van der Waals surface area contributed by atoms with Gasteiger partial charge >= 0.3 is 0 Å². The summed E-state index contributed by atoms with van der Waals surface area (Å²) in [5.74, 6) is 0.312. The number of likely N-dealkylation sites (N-methyl/N-ethyl adjacent to an activating group) is 1. The molecule has 3 heteroatoms. The van der Waals surface area contributed by atoms with Gasteiger partial charge in [-0.1, -0.05) is 6.92 Å². The number of piperidine rings is 1. The van der Waals surface area contributed by atoms with Gasteiger partial charge in [0.15, 0.2) is 0 Å². The van der Waals surface area contributed by atoms with E-state index < -0.39 is 0 Å². The predicted molar refractivity (Wildman–Crippen MR) is 56.0 cm³/mol. The number of hydrogen-bond donors (Lipinski definition) is 1. The van der Waals surface area contributed by atoms with Gasteiger partial charge in [0.2, 0.25) is 5.91 Å². The molecular weight excluding hydrogens is 176 g/mol. The van der Waals surface area contributed by atoms with Gasteiger partial charge in [0.25, 0.3) is 0 Å². The van der Waals surface area contributed by atoms with E-state index in [2.05, 4.69) is 17.1 Å². The van der Waals surface area contributed by atoms with Crippen LogP contribution in [-0.4, -0.2) is 37.0 Å². The van der Waals surface area contributed by atoms with Crippen molar-refractivity contribution in [1.29, 1.82) is 0 Å². The fourth-order valence-corrected chi connectivity index (χ4v) is 2.20. The predicted octanol–water partition coefficient (Wildman–Crippen LogP) is 0.997. The molecule has 2 fully saturated rings. The molecule has 0 aromatic carbocycles. The second-order valence-corrected chi connectivity index (χ2v) is 5.05. The van der Waals surface area contributed by atoms with Crippen LogP contribution in [0.3, 0.4) is 0 Å². The zero-order valence-corrected chi connectivity index (χ0v) is 9.18. The average molecular weight is 196 g/mol. The summed E-state index contributed by atoms with van der Waals surface area (Å²) in [5, 5.41) is 3.10. The second-order valence-electron chi connectivity index (χ2n) is 5.05. The van der Waals surface area contributed by atoms with Gasteiger partial charge in [-0.3, -0.25) is 4.79 Å². The first kappa shape index (κ1) is 9.97. The van der Waals surface area contributed by atoms with Crippen LogP contribution in [-0.2, 0) is 4.79 Å². The smallest absolute Gasteiger partial charge is 0.239 e. The lowest BCUT2D eigenvalue weighted by atomic mass is 10.0. The molecule has 0 radical (unpaired) electrons. The molecule has 0 bridgehead atoms. The third kappa shape index (κ3) is 1.92. The highest BCUT2D eigenvalue weighted by molar-refractivity contribution is 5.82. The highest BCUT2D eigenvalue weighted by atomic mass is 16.2. The van der Waals surface area contributed by atoms with E-state index in [-0.39, 0.29) is 6.04 Å². The summed E-state index contributed by atoms with van der Waals surface area (Å²) in [4.78, 5) is 14.0. The van der Waals surface area contributed by atoms with Crippen molar-refractivity contribution in [1.82, 2.24) is 10.2 Å². The molecule has 2 aliphatic rings. The van der Waals surface area contributed by atoms with Crippen LogP contribution >= 0.6 is 0 Å². The van der Waals surface area contributed by atoms with Crippen molar-refractivity contribution in [2.45, 2.75) is 38.6 Å². The number of hydrogen-bond acceptors (Lipinski definition) is 2. The van der Waals surface area contributed by atoms with Crippen molar-refractivity contribution in [2.24, 2.45) is 5.41 Å². The molecule has 1 amide bonds. The number of nitrogens with zero attached hydrogens (tertiary/aromatic N) is 1. The van der Waals surface area contributed by atoms with Crippen LogP contribution in [0.5, 0.6) is 0 Å². The summed E-state index contributed by atoms with van der Waals surface area (Å²) in [5.41, 5.74) is 0.450.